The van der Waals surface area contributed by atoms with Crippen molar-refractivity contribution in [2.24, 2.45) is 5.92 Å². The fourth-order valence-corrected chi connectivity index (χ4v) is 3.82. The first-order chi connectivity index (χ1) is 16.8. The summed E-state index contributed by atoms with van der Waals surface area (Å²) >= 11 is 6.43. The van der Waals surface area contributed by atoms with Crippen LogP contribution in [0.25, 0.3) is 11.0 Å². The molecular formula is C27H30ClNO6. The number of esters is 1. The summed E-state index contributed by atoms with van der Waals surface area (Å²) in [5.41, 5.74) is 1.46. The van der Waals surface area contributed by atoms with Gasteiger partial charge in [0, 0.05) is 17.5 Å². The molecule has 186 valence electrons. The van der Waals surface area contributed by atoms with Crippen LogP contribution in [0.2, 0.25) is 5.02 Å². The molecule has 35 heavy (non-hydrogen) atoms. The van der Waals surface area contributed by atoms with Crippen molar-refractivity contribution in [1.29, 1.82) is 0 Å². The molecule has 0 fully saturated rings. The number of amides is 1. The fraction of sp³-hybridized carbons (Fsp3) is 0.370. The van der Waals surface area contributed by atoms with Crippen LogP contribution in [0.4, 0.5) is 4.79 Å². The predicted octanol–water partition coefficient (Wildman–Crippen LogP) is 6.04. The Labute approximate surface area is 209 Å². The number of benzene rings is 2. The summed E-state index contributed by atoms with van der Waals surface area (Å²) in [4.78, 5) is 37.5. The predicted molar refractivity (Wildman–Crippen MR) is 135 cm³/mol. The second-order valence-corrected chi connectivity index (χ2v) is 8.87. The lowest BCUT2D eigenvalue weighted by Crippen LogP contribution is -2.47. The van der Waals surface area contributed by atoms with Crippen molar-refractivity contribution in [1.82, 2.24) is 5.32 Å². The second-order valence-electron chi connectivity index (χ2n) is 8.46. The van der Waals surface area contributed by atoms with Gasteiger partial charge in [-0.15, -0.1) is 0 Å². The molecule has 0 radical (unpaired) electrons. The van der Waals surface area contributed by atoms with Gasteiger partial charge in [-0.05, 0) is 36.0 Å². The van der Waals surface area contributed by atoms with Crippen molar-refractivity contribution in [2.45, 2.75) is 59.1 Å². The van der Waals surface area contributed by atoms with Crippen LogP contribution in [0.15, 0.2) is 57.7 Å². The Morgan fingerprint density at radius 1 is 1.11 bits per heavy atom. The van der Waals surface area contributed by atoms with E-state index in [1.54, 1.807) is 6.07 Å². The summed E-state index contributed by atoms with van der Waals surface area (Å²) in [6.45, 7) is 5.87. The lowest BCUT2D eigenvalue weighted by atomic mass is 9.99. The van der Waals surface area contributed by atoms with Crippen molar-refractivity contribution in [2.75, 3.05) is 0 Å². The molecule has 1 heterocycles. The quantitative estimate of drug-likeness (QED) is 0.208. The largest absolute Gasteiger partial charge is 0.445 e. The maximum absolute atomic E-state index is 13.0. The molecule has 0 unspecified atom stereocenters. The molecule has 2 aromatic carbocycles. The first-order valence-electron chi connectivity index (χ1n) is 11.8. The average molecular weight is 500 g/mol. The second kappa shape index (κ2) is 12.4. The Kier molecular flexibility index (Phi) is 9.32. The van der Waals surface area contributed by atoms with Gasteiger partial charge in [0.05, 0.1) is 5.02 Å². The van der Waals surface area contributed by atoms with Crippen molar-refractivity contribution in [3.8, 4) is 5.75 Å². The number of hydrogen-bond acceptors (Lipinski definition) is 6. The van der Waals surface area contributed by atoms with E-state index >= 15 is 0 Å². The standard InChI is InChI=1S/C27H30ClNO6/c1-4-6-12-19-13-24(30)34-22-15-23(21(28)14-20(19)22)35-26(31)25(17(3)5-2)29-27(32)33-16-18-10-8-7-9-11-18/h7-11,13-15,17,25H,4-6,12,16H2,1-3H3,(H,29,32)/t17-,25+/m0/s1. The van der Waals surface area contributed by atoms with Gasteiger partial charge in [0.2, 0.25) is 0 Å². The van der Waals surface area contributed by atoms with E-state index in [0.717, 1.165) is 24.0 Å². The zero-order valence-electron chi connectivity index (χ0n) is 20.1. The van der Waals surface area contributed by atoms with Gasteiger partial charge in [0.1, 0.15) is 18.2 Å². The van der Waals surface area contributed by atoms with Gasteiger partial charge in [-0.3, -0.25) is 0 Å². The number of nitrogens with one attached hydrogen (secondary N) is 1. The third kappa shape index (κ3) is 7.09. The number of carbonyl (C=O) groups is 2. The zero-order chi connectivity index (χ0) is 25.4. The molecule has 0 bridgehead atoms. The van der Waals surface area contributed by atoms with Gasteiger partial charge in [-0.1, -0.05) is 75.5 Å². The summed E-state index contributed by atoms with van der Waals surface area (Å²) < 4.78 is 16.2. The van der Waals surface area contributed by atoms with Crippen molar-refractivity contribution in [3.63, 3.8) is 0 Å². The topological polar surface area (TPSA) is 94.8 Å². The molecule has 1 amide bonds. The summed E-state index contributed by atoms with van der Waals surface area (Å²) in [5, 5.41) is 3.50. The van der Waals surface area contributed by atoms with E-state index in [-0.39, 0.29) is 28.9 Å². The summed E-state index contributed by atoms with van der Waals surface area (Å²) in [6, 6.07) is 12.8. The molecule has 8 heteroatoms. The Balaban J connectivity index is 1.77. The highest BCUT2D eigenvalue weighted by molar-refractivity contribution is 6.33. The molecule has 0 aliphatic heterocycles. The van der Waals surface area contributed by atoms with Crippen LogP contribution in [-0.2, 0) is 22.6 Å². The number of hydrogen-bond donors (Lipinski definition) is 1. The lowest BCUT2D eigenvalue weighted by Gasteiger charge is -2.22. The summed E-state index contributed by atoms with van der Waals surface area (Å²) in [6.07, 6.45) is 2.48. The third-order valence-electron chi connectivity index (χ3n) is 5.85. The van der Waals surface area contributed by atoms with Crippen LogP contribution in [0, 0.1) is 5.92 Å². The van der Waals surface area contributed by atoms with E-state index in [1.807, 2.05) is 44.2 Å². The Bertz CT molecular complexity index is 1220. The Hall–Kier alpha value is -3.32. The number of carbonyl (C=O) groups excluding carboxylic acids is 2. The smallest absolute Gasteiger partial charge is 0.408 e. The van der Waals surface area contributed by atoms with E-state index in [0.29, 0.717) is 18.2 Å². The number of fused-ring (bicyclic) bond motifs is 1. The highest BCUT2D eigenvalue weighted by Gasteiger charge is 2.29. The van der Waals surface area contributed by atoms with Crippen LogP contribution in [-0.4, -0.2) is 18.1 Å². The minimum Gasteiger partial charge on any atom is -0.445 e. The summed E-state index contributed by atoms with van der Waals surface area (Å²) in [7, 11) is 0. The number of halogens is 1. The number of ether oxygens (including phenoxy) is 2. The fourth-order valence-electron chi connectivity index (χ4n) is 3.61. The van der Waals surface area contributed by atoms with Crippen molar-refractivity contribution < 1.29 is 23.5 Å². The highest BCUT2D eigenvalue weighted by Crippen LogP contribution is 2.32. The monoisotopic (exact) mass is 499 g/mol. The van der Waals surface area contributed by atoms with Crippen LogP contribution in [0.5, 0.6) is 5.75 Å². The van der Waals surface area contributed by atoms with Gasteiger partial charge >= 0.3 is 17.7 Å². The molecule has 0 saturated heterocycles. The van der Waals surface area contributed by atoms with Gasteiger partial charge in [-0.25, -0.2) is 14.4 Å². The Morgan fingerprint density at radius 2 is 1.86 bits per heavy atom. The highest BCUT2D eigenvalue weighted by atomic mass is 35.5. The first-order valence-corrected chi connectivity index (χ1v) is 12.1. The molecule has 3 aromatic rings. The molecular weight excluding hydrogens is 470 g/mol. The van der Waals surface area contributed by atoms with Crippen LogP contribution in [0.3, 0.4) is 0 Å². The average Bonchev–Trinajstić information content (AvgIpc) is 2.85. The van der Waals surface area contributed by atoms with E-state index < -0.39 is 23.7 Å². The molecule has 7 nitrogen and oxygen atoms in total. The minimum atomic E-state index is -0.960. The molecule has 2 atom stereocenters. The number of alkyl carbamates (subject to hydrolysis) is 1. The van der Waals surface area contributed by atoms with Gasteiger partial charge < -0.3 is 19.2 Å². The van der Waals surface area contributed by atoms with Crippen LogP contribution in [0.1, 0.15) is 51.2 Å². The molecule has 3 rings (SSSR count). The first kappa shape index (κ1) is 26.3. The minimum absolute atomic E-state index is 0.0488. The maximum atomic E-state index is 13.0. The third-order valence-corrected chi connectivity index (χ3v) is 6.14. The Morgan fingerprint density at radius 3 is 2.54 bits per heavy atom. The van der Waals surface area contributed by atoms with Gasteiger partial charge in [-0.2, -0.15) is 0 Å². The normalized spacial score (nSPS) is 12.7. The van der Waals surface area contributed by atoms with E-state index in [2.05, 4.69) is 12.2 Å². The van der Waals surface area contributed by atoms with Crippen molar-refractivity contribution in [3.05, 3.63) is 75.1 Å². The molecule has 1 aromatic heterocycles. The van der Waals surface area contributed by atoms with Crippen LogP contribution >= 0.6 is 11.6 Å². The SMILES string of the molecule is CCCCc1cc(=O)oc2cc(OC(=O)[C@H](NC(=O)OCc3ccccc3)[C@@H](C)CC)c(Cl)cc12. The molecule has 0 aliphatic rings. The van der Waals surface area contributed by atoms with Crippen molar-refractivity contribution >= 4 is 34.6 Å². The van der Waals surface area contributed by atoms with E-state index in [4.69, 9.17) is 25.5 Å². The number of aryl methyl sites for hydroxylation is 1. The van der Waals surface area contributed by atoms with Crippen LogP contribution < -0.4 is 15.7 Å². The summed E-state index contributed by atoms with van der Waals surface area (Å²) in [5.74, 6) is -0.876. The lowest BCUT2D eigenvalue weighted by molar-refractivity contribution is -0.138. The van der Waals surface area contributed by atoms with E-state index in [1.165, 1.54) is 12.1 Å². The van der Waals surface area contributed by atoms with E-state index in [9.17, 15) is 14.4 Å². The van der Waals surface area contributed by atoms with Gasteiger partial charge in [0.15, 0.2) is 5.75 Å². The molecule has 1 N–H and O–H groups in total. The number of rotatable bonds is 10. The zero-order valence-corrected chi connectivity index (χ0v) is 20.9. The maximum Gasteiger partial charge on any atom is 0.408 e. The molecule has 0 aliphatic carbocycles. The number of unbranched alkanes of at least 4 members (excludes halogenated alkanes) is 1. The molecule has 0 saturated carbocycles. The van der Waals surface area contributed by atoms with Gasteiger partial charge in [0.25, 0.3) is 0 Å². The molecule has 0 spiro atoms.